The van der Waals surface area contributed by atoms with Gasteiger partial charge in [-0.25, -0.2) is 0 Å². The maximum atomic E-state index is 13.7. The number of hydrogen-bond donors (Lipinski definition) is 1. The molecular weight excluding hydrogens is 522 g/mol. The Labute approximate surface area is 220 Å². The molecule has 0 unspecified atom stereocenters. The highest BCUT2D eigenvalue weighted by Crippen LogP contribution is 2.54. The van der Waals surface area contributed by atoms with E-state index in [0.717, 1.165) is 17.0 Å². The van der Waals surface area contributed by atoms with Gasteiger partial charge in [0.25, 0.3) is 0 Å². The lowest BCUT2D eigenvalue weighted by Gasteiger charge is -2.49. The van der Waals surface area contributed by atoms with Crippen LogP contribution in [0, 0.1) is 23.2 Å². The molecular formula is C29H32BrNO5. The van der Waals surface area contributed by atoms with Crippen LogP contribution >= 0.6 is 15.9 Å². The number of carboxylic acid groups (broad SMARTS) is 1. The number of allylic oxidation sites excluding steroid dienone is 4. The fourth-order valence-electron chi connectivity index (χ4n) is 5.79. The Kier molecular flexibility index (Phi) is 6.96. The summed E-state index contributed by atoms with van der Waals surface area (Å²) >= 11 is 3.57. The van der Waals surface area contributed by atoms with E-state index in [4.69, 9.17) is 11.2 Å². The summed E-state index contributed by atoms with van der Waals surface area (Å²) in [5.41, 5.74) is 3.26. The molecule has 1 aromatic rings. The maximum Gasteiger partial charge on any atom is 0.305 e. The number of terminal acetylenes is 1. The normalized spacial score (nSPS) is 21.2. The quantitative estimate of drug-likeness (QED) is 0.460. The molecule has 0 saturated heterocycles. The highest BCUT2D eigenvalue weighted by Gasteiger charge is 2.49. The van der Waals surface area contributed by atoms with Crippen LogP contribution in [0.15, 0.2) is 45.2 Å². The highest BCUT2D eigenvalue weighted by atomic mass is 79.9. The van der Waals surface area contributed by atoms with Crippen molar-refractivity contribution < 1.29 is 24.2 Å². The molecule has 1 aromatic carbocycles. The molecule has 0 spiro atoms. The number of ether oxygens (including phenoxy) is 1. The standard InChI is InChI=1S/C29H32BrNO5/c1-6-11-36-23-8-7-17(12-18(23)30)25-26-19(13-28(2,3)15-21(26)32)31(10-9-24(34)35)20-14-29(4,5)16-22(33)27(20)25/h1,7-8,12,25H,9-11,13-16H2,2-5H3,(H,34,35). The molecule has 190 valence electrons. The topological polar surface area (TPSA) is 83.9 Å². The summed E-state index contributed by atoms with van der Waals surface area (Å²) in [6.07, 6.45) is 7.29. The average molecular weight is 554 g/mol. The van der Waals surface area contributed by atoms with Gasteiger partial charge < -0.3 is 14.7 Å². The Bertz CT molecular complexity index is 1190. The third kappa shape index (κ3) is 5.01. The Hall–Kier alpha value is -2.85. The van der Waals surface area contributed by atoms with E-state index >= 15 is 0 Å². The lowest BCUT2D eigenvalue weighted by molar-refractivity contribution is -0.137. The van der Waals surface area contributed by atoms with Gasteiger partial charge in [-0.1, -0.05) is 39.7 Å². The molecule has 3 aliphatic rings. The van der Waals surface area contributed by atoms with Crippen LogP contribution in [0.4, 0.5) is 0 Å². The lowest BCUT2D eigenvalue weighted by Crippen LogP contribution is -2.45. The van der Waals surface area contributed by atoms with Gasteiger partial charge in [-0.15, -0.1) is 6.42 Å². The lowest BCUT2D eigenvalue weighted by atomic mass is 9.63. The van der Waals surface area contributed by atoms with Gasteiger partial charge in [-0.05, 0) is 57.3 Å². The molecule has 0 aromatic heterocycles. The second-order valence-corrected chi connectivity index (χ2v) is 12.4. The number of halogens is 1. The zero-order chi connectivity index (χ0) is 26.4. The zero-order valence-corrected chi connectivity index (χ0v) is 22.8. The number of aliphatic carboxylic acids is 1. The summed E-state index contributed by atoms with van der Waals surface area (Å²) in [6, 6.07) is 5.60. The molecule has 36 heavy (non-hydrogen) atoms. The van der Waals surface area contributed by atoms with Crippen LogP contribution < -0.4 is 4.74 Å². The first-order valence-corrected chi connectivity index (χ1v) is 13.0. The summed E-state index contributed by atoms with van der Waals surface area (Å²) in [4.78, 5) is 41.0. The van der Waals surface area contributed by atoms with Gasteiger partial charge in [0.15, 0.2) is 11.6 Å². The van der Waals surface area contributed by atoms with E-state index in [9.17, 15) is 19.5 Å². The van der Waals surface area contributed by atoms with Crippen LogP contribution in [-0.4, -0.2) is 40.7 Å². The predicted octanol–water partition coefficient (Wildman–Crippen LogP) is 5.62. The van der Waals surface area contributed by atoms with E-state index in [1.807, 2.05) is 23.1 Å². The van der Waals surface area contributed by atoms with Crippen LogP contribution in [0.1, 0.15) is 71.3 Å². The average Bonchev–Trinajstić information content (AvgIpc) is 2.74. The van der Waals surface area contributed by atoms with Crippen molar-refractivity contribution in [3.63, 3.8) is 0 Å². The molecule has 4 rings (SSSR count). The third-order valence-electron chi connectivity index (χ3n) is 7.17. The Morgan fingerprint density at radius 3 is 2.11 bits per heavy atom. The number of hydrogen-bond acceptors (Lipinski definition) is 5. The van der Waals surface area contributed by atoms with E-state index in [2.05, 4.69) is 49.5 Å². The first kappa shape index (κ1) is 26.2. The minimum absolute atomic E-state index is 0.0135. The number of carboxylic acids is 1. The van der Waals surface area contributed by atoms with Crippen molar-refractivity contribution >= 4 is 33.5 Å². The minimum Gasteiger partial charge on any atom is -0.481 e. The van der Waals surface area contributed by atoms with Crippen molar-refractivity contribution in [2.75, 3.05) is 13.2 Å². The molecule has 7 heteroatoms. The molecule has 2 aliphatic carbocycles. The van der Waals surface area contributed by atoms with Crippen LogP contribution in [0.5, 0.6) is 5.75 Å². The summed E-state index contributed by atoms with van der Waals surface area (Å²) in [5, 5.41) is 9.47. The van der Waals surface area contributed by atoms with Gasteiger partial charge in [0.1, 0.15) is 12.4 Å². The van der Waals surface area contributed by atoms with Crippen molar-refractivity contribution in [3.05, 3.63) is 50.8 Å². The molecule has 0 bridgehead atoms. The van der Waals surface area contributed by atoms with Crippen molar-refractivity contribution in [2.24, 2.45) is 10.8 Å². The van der Waals surface area contributed by atoms with Gasteiger partial charge in [0.2, 0.25) is 0 Å². The SMILES string of the molecule is C#CCOc1ccc(C2C3=C(CC(C)(C)CC3=O)N(CCC(=O)O)C3=C2C(=O)CC(C)(C)C3)cc1Br. The zero-order valence-electron chi connectivity index (χ0n) is 21.2. The van der Waals surface area contributed by atoms with Crippen molar-refractivity contribution in [3.8, 4) is 18.1 Å². The second kappa shape index (κ2) is 9.55. The Morgan fingerprint density at radius 2 is 1.64 bits per heavy atom. The van der Waals surface area contributed by atoms with Crippen molar-refractivity contribution in [2.45, 2.75) is 65.7 Å². The Morgan fingerprint density at radius 1 is 1.08 bits per heavy atom. The van der Waals surface area contributed by atoms with Crippen LogP contribution in [-0.2, 0) is 14.4 Å². The van der Waals surface area contributed by atoms with E-state index in [-0.39, 0.29) is 42.0 Å². The molecule has 1 heterocycles. The van der Waals surface area contributed by atoms with Gasteiger partial charge >= 0.3 is 5.97 Å². The van der Waals surface area contributed by atoms with E-state index in [1.165, 1.54) is 0 Å². The molecule has 0 amide bonds. The van der Waals surface area contributed by atoms with Gasteiger partial charge in [0.05, 0.1) is 10.9 Å². The molecule has 0 fully saturated rings. The summed E-state index contributed by atoms with van der Waals surface area (Å²) < 4.78 is 6.30. The van der Waals surface area contributed by atoms with Gasteiger partial charge in [0, 0.05) is 47.8 Å². The fourth-order valence-corrected chi connectivity index (χ4v) is 6.30. The van der Waals surface area contributed by atoms with E-state index < -0.39 is 11.9 Å². The summed E-state index contributed by atoms with van der Waals surface area (Å²) in [5.74, 6) is 1.66. The van der Waals surface area contributed by atoms with Gasteiger partial charge in [-0.2, -0.15) is 0 Å². The van der Waals surface area contributed by atoms with Crippen LogP contribution in [0.25, 0.3) is 0 Å². The van der Waals surface area contributed by atoms with Crippen molar-refractivity contribution in [1.82, 2.24) is 4.90 Å². The number of benzene rings is 1. The monoisotopic (exact) mass is 553 g/mol. The summed E-state index contributed by atoms with van der Waals surface area (Å²) in [7, 11) is 0. The smallest absolute Gasteiger partial charge is 0.305 e. The second-order valence-electron chi connectivity index (χ2n) is 11.5. The minimum atomic E-state index is -0.907. The number of nitrogens with zero attached hydrogens (tertiary/aromatic N) is 1. The van der Waals surface area contributed by atoms with Crippen LogP contribution in [0.2, 0.25) is 0 Å². The largest absolute Gasteiger partial charge is 0.481 e. The molecule has 1 aliphatic heterocycles. The third-order valence-corrected chi connectivity index (χ3v) is 7.79. The van der Waals surface area contributed by atoms with Crippen LogP contribution in [0.3, 0.4) is 0 Å². The number of rotatable bonds is 6. The first-order valence-electron chi connectivity index (χ1n) is 12.2. The molecule has 0 saturated carbocycles. The first-order chi connectivity index (χ1) is 16.8. The highest BCUT2D eigenvalue weighted by molar-refractivity contribution is 9.10. The predicted molar refractivity (Wildman–Crippen MR) is 140 cm³/mol. The van der Waals surface area contributed by atoms with E-state index in [0.29, 0.717) is 47.1 Å². The molecule has 6 nitrogen and oxygen atoms in total. The summed E-state index contributed by atoms with van der Waals surface area (Å²) in [6.45, 7) is 8.61. The fraction of sp³-hybridized carbons (Fsp3) is 0.483. The number of Topliss-reactive ketones (excluding diaryl/α,β-unsaturated/α-hetero) is 2. The van der Waals surface area contributed by atoms with E-state index in [1.54, 1.807) is 0 Å². The molecule has 0 atom stereocenters. The van der Waals surface area contributed by atoms with Gasteiger partial charge in [-0.3, -0.25) is 14.4 Å². The Balaban J connectivity index is 1.94. The number of carbonyl (C=O) groups is 3. The number of ketones is 2. The van der Waals surface area contributed by atoms with Crippen molar-refractivity contribution in [1.29, 1.82) is 0 Å². The molecule has 1 N–H and O–H groups in total. The maximum absolute atomic E-state index is 13.7. The number of carbonyl (C=O) groups excluding carboxylic acids is 2. The molecule has 0 radical (unpaired) electrons.